The molecule has 0 bridgehead atoms. The molecule has 1 aliphatic carbocycles. The third-order valence-electron chi connectivity index (χ3n) is 3.84. The van der Waals surface area contributed by atoms with Gasteiger partial charge in [-0.15, -0.1) is 0 Å². The fourth-order valence-electron chi connectivity index (χ4n) is 2.64. The van der Waals surface area contributed by atoms with Crippen molar-refractivity contribution in [2.45, 2.75) is 38.5 Å². The van der Waals surface area contributed by atoms with Crippen LogP contribution >= 0.6 is 0 Å². The lowest BCUT2D eigenvalue weighted by molar-refractivity contribution is -0.120. The lowest BCUT2D eigenvalue weighted by Crippen LogP contribution is -2.23. The fraction of sp³-hybridized carbons (Fsp3) is 0.467. The highest BCUT2D eigenvalue weighted by molar-refractivity contribution is 5.99. The summed E-state index contributed by atoms with van der Waals surface area (Å²) in [5.41, 5.74) is 5.83. The Balaban J connectivity index is 2.10. The fourth-order valence-corrected chi connectivity index (χ4v) is 2.64. The van der Waals surface area contributed by atoms with E-state index in [9.17, 15) is 9.18 Å². The van der Waals surface area contributed by atoms with E-state index >= 15 is 0 Å². The Hall–Kier alpha value is -2.11. The number of hydrogen-bond acceptors (Lipinski definition) is 3. The number of carbonyl (C=O) groups is 1. The van der Waals surface area contributed by atoms with Crippen LogP contribution in [0, 0.1) is 11.7 Å². The summed E-state index contributed by atoms with van der Waals surface area (Å²) < 4.78 is 13.6. The van der Waals surface area contributed by atoms with Crippen molar-refractivity contribution in [1.29, 1.82) is 0 Å². The summed E-state index contributed by atoms with van der Waals surface area (Å²) in [6.45, 7) is 0. The number of benzene rings is 1. The second-order valence-electron chi connectivity index (χ2n) is 5.36. The number of nitrogens with zero attached hydrogens (tertiary/aromatic N) is 1. The van der Waals surface area contributed by atoms with E-state index in [-0.39, 0.29) is 23.2 Å². The van der Waals surface area contributed by atoms with Gasteiger partial charge >= 0.3 is 0 Å². The Labute approximate surface area is 123 Å². The Morgan fingerprint density at radius 1 is 1.29 bits per heavy atom. The molecule has 0 atom stereocenters. The van der Waals surface area contributed by atoms with Crippen molar-refractivity contribution in [1.82, 2.24) is 0 Å². The van der Waals surface area contributed by atoms with Crippen molar-refractivity contribution in [3.05, 3.63) is 29.6 Å². The molecule has 114 valence electrons. The Kier molecular flexibility index (Phi) is 5.14. The van der Waals surface area contributed by atoms with E-state index in [1.807, 2.05) is 0 Å². The van der Waals surface area contributed by atoms with Crippen LogP contribution < -0.4 is 11.1 Å². The van der Waals surface area contributed by atoms with Gasteiger partial charge in [-0.25, -0.2) is 4.39 Å². The number of anilines is 1. The number of nitrogens with one attached hydrogen (secondary N) is 1. The maximum Gasteiger partial charge on any atom is 0.227 e. The van der Waals surface area contributed by atoms with E-state index in [0.29, 0.717) is 5.69 Å². The highest BCUT2D eigenvalue weighted by atomic mass is 19.1. The molecular weight excluding hydrogens is 273 g/mol. The van der Waals surface area contributed by atoms with E-state index in [1.165, 1.54) is 31.0 Å². The maximum absolute atomic E-state index is 13.6. The largest absolute Gasteiger partial charge is 0.409 e. The number of halogens is 1. The van der Waals surface area contributed by atoms with Gasteiger partial charge < -0.3 is 16.3 Å². The van der Waals surface area contributed by atoms with Crippen LogP contribution in [0.25, 0.3) is 0 Å². The summed E-state index contributed by atoms with van der Waals surface area (Å²) in [7, 11) is 0. The molecule has 1 aromatic rings. The number of amides is 1. The molecule has 0 aromatic heterocycles. The number of amidine groups is 1. The first kappa shape index (κ1) is 15.3. The molecule has 6 heteroatoms. The third-order valence-corrected chi connectivity index (χ3v) is 3.84. The average molecular weight is 293 g/mol. The monoisotopic (exact) mass is 293 g/mol. The van der Waals surface area contributed by atoms with Gasteiger partial charge in [-0.3, -0.25) is 4.79 Å². The van der Waals surface area contributed by atoms with Gasteiger partial charge in [0, 0.05) is 11.6 Å². The summed E-state index contributed by atoms with van der Waals surface area (Å²) >= 11 is 0. The molecule has 2 rings (SSSR count). The number of carbonyl (C=O) groups excluding carboxylic acids is 1. The van der Waals surface area contributed by atoms with Crippen LogP contribution in [0.2, 0.25) is 0 Å². The molecule has 21 heavy (non-hydrogen) atoms. The van der Waals surface area contributed by atoms with Crippen LogP contribution in [-0.2, 0) is 4.79 Å². The van der Waals surface area contributed by atoms with Crippen LogP contribution in [0.1, 0.15) is 44.1 Å². The van der Waals surface area contributed by atoms with E-state index in [2.05, 4.69) is 10.5 Å². The van der Waals surface area contributed by atoms with Gasteiger partial charge in [0.15, 0.2) is 5.84 Å². The van der Waals surface area contributed by atoms with Crippen molar-refractivity contribution in [2.24, 2.45) is 16.8 Å². The molecule has 0 radical (unpaired) electrons. The molecular formula is C15H20FN3O2. The van der Waals surface area contributed by atoms with Gasteiger partial charge in [-0.1, -0.05) is 30.8 Å². The van der Waals surface area contributed by atoms with Gasteiger partial charge in [-0.05, 0) is 31.0 Å². The molecule has 0 unspecified atom stereocenters. The van der Waals surface area contributed by atoms with E-state index in [4.69, 9.17) is 10.9 Å². The third kappa shape index (κ3) is 3.93. The molecule has 1 aromatic carbocycles. The predicted molar refractivity (Wildman–Crippen MR) is 78.7 cm³/mol. The van der Waals surface area contributed by atoms with Crippen LogP contribution in [0.3, 0.4) is 0 Å². The van der Waals surface area contributed by atoms with Crippen molar-refractivity contribution in [3.8, 4) is 0 Å². The number of hydrogen-bond donors (Lipinski definition) is 3. The maximum atomic E-state index is 13.6. The Morgan fingerprint density at radius 3 is 2.57 bits per heavy atom. The minimum Gasteiger partial charge on any atom is -0.409 e. The van der Waals surface area contributed by atoms with Crippen LogP contribution in [0.4, 0.5) is 10.1 Å². The topological polar surface area (TPSA) is 87.7 Å². The molecule has 0 spiro atoms. The number of rotatable bonds is 3. The van der Waals surface area contributed by atoms with Gasteiger partial charge in [0.25, 0.3) is 0 Å². The molecule has 0 saturated heterocycles. The Bertz CT molecular complexity index is 538. The van der Waals surface area contributed by atoms with E-state index in [1.54, 1.807) is 0 Å². The number of nitrogens with two attached hydrogens (primary N) is 1. The first-order valence-electron chi connectivity index (χ1n) is 7.20. The van der Waals surface area contributed by atoms with Crippen molar-refractivity contribution in [2.75, 3.05) is 5.32 Å². The molecule has 1 fully saturated rings. The smallest absolute Gasteiger partial charge is 0.227 e. The summed E-state index contributed by atoms with van der Waals surface area (Å²) in [6.07, 6.45) is 6.26. The summed E-state index contributed by atoms with van der Waals surface area (Å²) in [5, 5.41) is 14.2. The van der Waals surface area contributed by atoms with Gasteiger partial charge in [0.1, 0.15) is 5.82 Å². The van der Waals surface area contributed by atoms with Gasteiger partial charge in [0.2, 0.25) is 5.91 Å². The SMILES string of the molecule is NC(=NO)c1cc(NC(=O)C2CCCCCC2)ccc1F. The molecule has 1 amide bonds. The van der Waals surface area contributed by atoms with Gasteiger partial charge in [0.05, 0.1) is 5.56 Å². The lowest BCUT2D eigenvalue weighted by Gasteiger charge is -2.14. The van der Waals surface area contributed by atoms with Crippen LogP contribution in [0.15, 0.2) is 23.4 Å². The van der Waals surface area contributed by atoms with Crippen molar-refractivity contribution < 1.29 is 14.4 Å². The quantitative estimate of drug-likeness (QED) is 0.263. The first-order chi connectivity index (χ1) is 10.1. The second kappa shape index (κ2) is 7.06. The van der Waals surface area contributed by atoms with Crippen LogP contribution in [-0.4, -0.2) is 17.0 Å². The molecule has 4 N–H and O–H groups in total. The Morgan fingerprint density at radius 2 is 1.95 bits per heavy atom. The second-order valence-corrected chi connectivity index (χ2v) is 5.36. The zero-order chi connectivity index (χ0) is 15.2. The normalized spacial score (nSPS) is 17.3. The van der Waals surface area contributed by atoms with Crippen molar-refractivity contribution in [3.63, 3.8) is 0 Å². The zero-order valence-electron chi connectivity index (χ0n) is 11.8. The first-order valence-corrected chi connectivity index (χ1v) is 7.20. The summed E-state index contributed by atoms with van der Waals surface area (Å²) in [4.78, 5) is 12.2. The number of oxime groups is 1. The summed E-state index contributed by atoms with van der Waals surface area (Å²) in [6, 6.07) is 4.03. The van der Waals surface area contributed by atoms with Crippen molar-refractivity contribution >= 4 is 17.4 Å². The minimum atomic E-state index is -0.599. The minimum absolute atomic E-state index is 0.00450. The summed E-state index contributed by atoms with van der Waals surface area (Å²) in [5.74, 6) is -0.963. The zero-order valence-corrected chi connectivity index (χ0v) is 11.8. The highest BCUT2D eigenvalue weighted by Crippen LogP contribution is 2.24. The average Bonchev–Trinajstić information content (AvgIpc) is 2.77. The van der Waals surface area contributed by atoms with Gasteiger partial charge in [-0.2, -0.15) is 0 Å². The van der Waals surface area contributed by atoms with E-state index in [0.717, 1.165) is 25.7 Å². The standard InChI is InChI=1S/C15H20FN3O2/c16-13-8-7-11(9-12(13)14(17)19-21)18-15(20)10-5-3-1-2-4-6-10/h7-10,21H,1-6H2,(H2,17,19)(H,18,20). The van der Waals surface area contributed by atoms with E-state index < -0.39 is 5.82 Å². The van der Waals surface area contributed by atoms with Crippen LogP contribution in [0.5, 0.6) is 0 Å². The molecule has 0 aliphatic heterocycles. The highest BCUT2D eigenvalue weighted by Gasteiger charge is 2.20. The molecule has 5 nitrogen and oxygen atoms in total. The molecule has 1 saturated carbocycles. The molecule has 0 heterocycles. The predicted octanol–water partition coefficient (Wildman–Crippen LogP) is 2.83. The lowest BCUT2D eigenvalue weighted by atomic mass is 9.99. The molecule has 1 aliphatic rings.